The summed E-state index contributed by atoms with van der Waals surface area (Å²) in [4.78, 5) is 2.42. The van der Waals surface area contributed by atoms with Gasteiger partial charge in [0, 0.05) is 17.8 Å². The number of hydrogen-bond donors (Lipinski definition) is 1. The maximum atomic E-state index is 13.5. The molecular weight excluding hydrogens is 435 g/mol. The van der Waals surface area contributed by atoms with Crippen LogP contribution in [-0.4, -0.2) is 22.6 Å². The third kappa shape index (κ3) is 6.52. The van der Waals surface area contributed by atoms with E-state index in [0.29, 0.717) is 17.6 Å². The van der Waals surface area contributed by atoms with Crippen molar-refractivity contribution in [2.45, 2.75) is 83.1 Å². The molecule has 0 bridgehead atoms. The Kier molecular flexibility index (Phi) is 9.41. The van der Waals surface area contributed by atoms with Crippen molar-refractivity contribution < 1.29 is 8.78 Å². The molecule has 0 aromatic heterocycles. The highest BCUT2D eigenvalue weighted by molar-refractivity contribution is 7.18. The third-order valence-electron chi connectivity index (χ3n) is 6.87. The number of nitrogens with zero attached hydrogens (tertiary/aromatic N) is 2. The molecule has 2 atom stereocenters. The van der Waals surface area contributed by atoms with E-state index in [-0.39, 0.29) is 5.41 Å². The molecule has 2 saturated carbocycles. The van der Waals surface area contributed by atoms with Crippen molar-refractivity contribution in [3.05, 3.63) is 66.3 Å². The van der Waals surface area contributed by atoms with Gasteiger partial charge in [-0.3, -0.25) is 0 Å². The zero-order chi connectivity index (χ0) is 24.8. The van der Waals surface area contributed by atoms with Crippen LogP contribution >= 0.6 is 9.24 Å². The molecule has 3 rings (SSSR count). The lowest BCUT2D eigenvalue weighted by atomic mass is 9.69. The largest absolute Gasteiger partial charge is 0.366 e. The Labute approximate surface area is 200 Å². The van der Waals surface area contributed by atoms with Crippen LogP contribution in [0.2, 0.25) is 0 Å². The topological polar surface area (TPSA) is 53.0 Å². The Balaban J connectivity index is 0.00000122. The molecule has 0 spiro atoms. The van der Waals surface area contributed by atoms with Crippen molar-refractivity contribution in [2.75, 3.05) is 0 Å². The highest BCUT2D eigenvalue weighted by Gasteiger charge is 2.42. The lowest BCUT2D eigenvalue weighted by Gasteiger charge is -2.43. The summed E-state index contributed by atoms with van der Waals surface area (Å²) in [6.07, 6.45) is 9.73. The van der Waals surface area contributed by atoms with E-state index in [2.05, 4.69) is 37.1 Å². The van der Waals surface area contributed by atoms with E-state index >= 15 is 0 Å². The molecule has 0 aliphatic heterocycles. The number of rotatable bonds is 7. The van der Waals surface area contributed by atoms with E-state index in [0.717, 1.165) is 55.4 Å². The lowest BCUT2D eigenvalue weighted by molar-refractivity contribution is 0.0736. The van der Waals surface area contributed by atoms with Crippen molar-refractivity contribution >= 4 is 14.9 Å². The van der Waals surface area contributed by atoms with Crippen LogP contribution in [0.25, 0.3) is 5.70 Å². The molecular formula is C27H38F2N3P. The van der Waals surface area contributed by atoms with Crippen molar-refractivity contribution in [1.29, 1.82) is 5.26 Å². The van der Waals surface area contributed by atoms with E-state index < -0.39 is 11.7 Å². The minimum atomic E-state index is -3.04. The molecule has 0 radical (unpaired) electrons. The van der Waals surface area contributed by atoms with Crippen molar-refractivity contribution in [3.8, 4) is 6.07 Å². The number of benzene rings is 1. The standard InChI is InChI=1S/C24H32F2N3P.C3H6/c1-4-16(2)23(15-27)13-11-21(12-14-23)29(20-9-10-20)17(3)18-5-7-19(8-6-18)22(28)24(25,26)30;1-3-2/h4-8,20-22H,3,9-14,28,30H2,1-2H3;3H,1H2,2H3/b16-4+;. The van der Waals surface area contributed by atoms with Gasteiger partial charge in [0.25, 0.3) is 5.66 Å². The summed E-state index contributed by atoms with van der Waals surface area (Å²) in [5, 5.41) is 9.82. The predicted molar refractivity (Wildman–Crippen MR) is 138 cm³/mol. The lowest BCUT2D eigenvalue weighted by Crippen LogP contribution is -2.41. The summed E-state index contributed by atoms with van der Waals surface area (Å²) < 4.78 is 27.0. The van der Waals surface area contributed by atoms with Gasteiger partial charge in [0.15, 0.2) is 0 Å². The first-order chi connectivity index (χ1) is 15.5. The van der Waals surface area contributed by atoms with Crippen LogP contribution in [0.1, 0.15) is 76.5 Å². The maximum Gasteiger partial charge on any atom is 0.277 e. The molecule has 2 aliphatic carbocycles. The molecule has 3 nitrogen and oxygen atoms in total. The maximum absolute atomic E-state index is 13.5. The first-order valence-corrected chi connectivity index (χ1v) is 12.2. The molecule has 0 saturated heterocycles. The van der Waals surface area contributed by atoms with Gasteiger partial charge >= 0.3 is 0 Å². The van der Waals surface area contributed by atoms with Gasteiger partial charge in [0.1, 0.15) is 0 Å². The Hall–Kier alpha value is -2.02. The van der Waals surface area contributed by atoms with E-state index in [9.17, 15) is 14.0 Å². The zero-order valence-corrected chi connectivity index (χ0v) is 21.3. The SMILES string of the molecule is C=C(c1ccc(C(N)C(F)(F)P)cc1)N(C1CC1)C1CCC(C#N)(/C(C)=C/C)CC1.C=CC. The van der Waals surface area contributed by atoms with Crippen LogP contribution < -0.4 is 5.73 Å². The quantitative estimate of drug-likeness (QED) is 0.336. The third-order valence-corrected chi connectivity index (χ3v) is 7.23. The molecule has 2 unspecified atom stereocenters. The molecule has 1 aromatic rings. The summed E-state index contributed by atoms with van der Waals surface area (Å²) >= 11 is 0. The molecule has 2 fully saturated rings. The summed E-state index contributed by atoms with van der Waals surface area (Å²) in [6.45, 7) is 13.7. The highest BCUT2D eigenvalue weighted by atomic mass is 31.0. The smallest absolute Gasteiger partial charge is 0.277 e. The van der Waals surface area contributed by atoms with Gasteiger partial charge < -0.3 is 10.6 Å². The van der Waals surface area contributed by atoms with Crippen molar-refractivity contribution in [2.24, 2.45) is 11.1 Å². The number of nitrogens with two attached hydrogens (primary N) is 1. The Morgan fingerprint density at radius 2 is 1.70 bits per heavy atom. The Morgan fingerprint density at radius 1 is 1.21 bits per heavy atom. The first kappa shape index (κ1) is 27.2. The molecule has 0 heterocycles. The van der Waals surface area contributed by atoms with Gasteiger partial charge in [0.05, 0.1) is 17.5 Å². The summed E-state index contributed by atoms with van der Waals surface area (Å²) in [5.41, 5.74) is 5.73. The summed E-state index contributed by atoms with van der Waals surface area (Å²) in [7, 11) is 1.51. The van der Waals surface area contributed by atoms with Gasteiger partial charge in [0.2, 0.25) is 0 Å². The fourth-order valence-corrected chi connectivity index (χ4v) is 4.78. The molecule has 1 aromatic carbocycles. The van der Waals surface area contributed by atoms with E-state index in [4.69, 9.17) is 5.73 Å². The number of halogens is 2. The van der Waals surface area contributed by atoms with Gasteiger partial charge in [-0.15, -0.1) is 6.58 Å². The van der Waals surface area contributed by atoms with Gasteiger partial charge in [-0.1, -0.05) is 57.8 Å². The fraction of sp³-hybridized carbons (Fsp3) is 0.519. The van der Waals surface area contributed by atoms with Crippen LogP contribution in [-0.2, 0) is 0 Å². The monoisotopic (exact) mass is 473 g/mol. The predicted octanol–water partition coefficient (Wildman–Crippen LogP) is 7.20. The number of nitriles is 1. The number of hydrogen-bond acceptors (Lipinski definition) is 3. The zero-order valence-electron chi connectivity index (χ0n) is 20.2. The van der Waals surface area contributed by atoms with E-state index in [1.54, 1.807) is 18.2 Å². The van der Waals surface area contributed by atoms with Crippen molar-refractivity contribution in [3.63, 3.8) is 0 Å². The van der Waals surface area contributed by atoms with Gasteiger partial charge in [-0.25, -0.2) is 8.78 Å². The highest BCUT2D eigenvalue weighted by Crippen LogP contribution is 2.46. The second-order valence-electron chi connectivity index (χ2n) is 9.16. The molecule has 2 N–H and O–H groups in total. The Bertz CT molecular complexity index is 883. The normalized spacial score (nSPS) is 24.1. The fourth-order valence-electron chi connectivity index (χ4n) is 4.59. The second-order valence-corrected chi connectivity index (χ2v) is 9.93. The van der Waals surface area contributed by atoms with Gasteiger partial charge in [-0.2, -0.15) is 5.26 Å². The van der Waals surface area contributed by atoms with Crippen LogP contribution in [0.5, 0.6) is 0 Å². The summed E-state index contributed by atoms with van der Waals surface area (Å²) in [5.74, 6) is 0. The molecule has 180 valence electrons. The average molecular weight is 474 g/mol. The minimum absolute atomic E-state index is 0.344. The van der Waals surface area contributed by atoms with Crippen LogP contribution in [0.15, 0.2) is 55.1 Å². The Morgan fingerprint density at radius 3 is 2.09 bits per heavy atom. The first-order valence-electron chi connectivity index (χ1n) is 11.7. The van der Waals surface area contributed by atoms with E-state index in [1.807, 2.05) is 26.0 Å². The van der Waals surface area contributed by atoms with E-state index in [1.165, 1.54) is 9.24 Å². The van der Waals surface area contributed by atoms with Gasteiger partial charge in [-0.05, 0) is 70.4 Å². The molecule has 33 heavy (non-hydrogen) atoms. The second kappa shape index (κ2) is 11.4. The number of alkyl halides is 2. The molecule has 2 aliphatic rings. The molecule has 0 amide bonds. The van der Waals surface area contributed by atoms with Crippen LogP contribution in [0.4, 0.5) is 8.78 Å². The molecule has 6 heteroatoms. The summed E-state index contributed by atoms with van der Waals surface area (Å²) in [6, 6.07) is 9.10. The minimum Gasteiger partial charge on any atom is -0.366 e. The van der Waals surface area contributed by atoms with Crippen LogP contribution in [0.3, 0.4) is 0 Å². The average Bonchev–Trinajstić information content (AvgIpc) is 3.64. The van der Waals surface area contributed by atoms with Crippen molar-refractivity contribution in [1.82, 2.24) is 4.90 Å². The van der Waals surface area contributed by atoms with Crippen LogP contribution in [0, 0.1) is 16.7 Å². The number of allylic oxidation sites excluding steroid dienone is 3.